The van der Waals surface area contributed by atoms with Crippen LogP contribution in [0.5, 0.6) is 0 Å². The summed E-state index contributed by atoms with van der Waals surface area (Å²) in [4.78, 5) is 25.7. The van der Waals surface area contributed by atoms with E-state index in [4.69, 9.17) is 0 Å². The average molecular weight is 376 g/mol. The maximum Gasteiger partial charge on any atom is 0.248 e. The van der Waals surface area contributed by atoms with Crippen molar-refractivity contribution in [1.82, 2.24) is 0 Å². The van der Waals surface area contributed by atoms with Gasteiger partial charge in [0, 0.05) is 34.1 Å². The molecule has 3 rings (SSSR count). The Kier molecular flexibility index (Phi) is 5.84. The standard InChI is InChI=1S/C22H20N2O2S/c1-15-19(23-16(2)25)9-6-10-20(15)24-22(26)14-12-18-11-13-21(27-18)17-7-4-3-5-8-17/h3-14H,1-2H3,(H,23,25)(H,24,26)/b14-12+. The summed E-state index contributed by atoms with van der Waals surface area (Å²) in [5.74, 6) is -0.360. The Hall–Kier alpha value is -3.18. The number of hydrogen-bond donors (Lipinski definition) is 2. The molecule has 0 bridgehead atoms. The Morgan fingerprint density at radius 1 is 0.889 bits per heavy atom. The van der Waals surface area contributed by atoms with Gasteiger partial charge in [-0.2, -0.15) is 0 Å². The summed E-state index contributed by atoms with van der Waals surface area (Å²) in [5.41, 5.74) is 3.34. The van der Waals surface area contributed by atoms with E-state index in [1.165, 1.54) is 13.0 Å². The first-order valence-electron chi connectivity index (χ1n) is 8.54. The SMILES string of the molecule is CC(=O)Nc1cccc(NC(=O)/C=C/c2ccc(-c3ccccc3)s2)c1C. The summed E-state index contributed by atoms with van der Waals surface area (Å²) in [6.07, 6.45) is 3.32. The lowest BCUT2D eigenvalue weighted by atomic mass is 10.1. The fourth-order valence-corrected chi connectivity index (χ4v) is 3.54. The van der Waals surface area contributed by atoms with E-state index in [-0.39, 0.29) is 11.8 Å². The van der Waals surface area contributed by atoms with Crippen molar-refractivity contribution in [3.8, 4) is 10.4 Å². The van der Waals surface area contributed by atoms with Crippen LogP contribution in [-0.4, -0.2) is 11.8 Å². The molecule has 2 aromatic carbocycles. The van der Waals surface area contributed by atoms with Crippen molar-refractivity contribution in [2.45, 2.75) is 13.8 Å². The normalized spacial score (nSPS) is 10.7. The lowest BCUT2D eigenvalue weighted by Crippen LogP contribution is -2.11. The minimum Gasteiger partial charge on any atom is -0.326 e. The van der Waals surface area contributed by atoms with Crippen LogP contribution in [0.4, 0.5) is 11.4 Å². The average Bonchev–Trinajstić information content (AvgIpc) is 3.13. The first-order valence-corrected chi connectivity index (χ1v) is 9.36. The van der Waals surface area contributed by atoms with Crippen LogP contribution >= 0.6 is 11.3 Å². The van der Waals surface area contributed by atoms with Gasteiger partial charge < -0.3 is 10.6 Å². The van der Waals surface area contributed by atoms with Crippen molar-refractivity contribution >= 4 is 40.6 Å². The maximum atomic E-state index is 12.3. The lowest BCUT2D eigenvalue weighted by molar-refractivity contribution is -0.114. The third-order valence-corrected chi connectivity index (χ3v) is 5.09. The summed E-state index contributed by atoms with van der Waals surface area (Å²) in [7, 11) is 0. The van der Waals surface area contributed by atoms with Crippen LogP contribution in [-0.2, 0) is 9.59 Å². The van der Waals surface area contributed by atoms with E-state index in [0.717, 1.165) is 20.9 Å². The maximum absolute atomic E-state index is 12.3. The number of nitrogens with one attached hydrogen (secondary N) is 2. The van der Waals surface area contributed by atoms with Gasteiger partial charge in [0.05, 0.1) is 0 Å². The second kappa shape index (κ2) is 8.47. The quantitative estimate of drug-likeness (QED) is 0.591. The van der Waals surface area contributed by atoms with Gasteiger partial charge in [0.25, 0.3) is 0 Å². The van der Waals surface area contributed by atoms with Crippen molar-refractivity contribution in [3.05, 3.63) is 77.2 Å². The fraction of sp³-hybridized carbons (Fsp3) is 0.0909. The zero-order chi connectivity index (χ0) is 19.2. The Morgan fingerprint density at radius 2 is 1.59 bits per heavy atom. The van der Waals surface area contributed by atoms with Gasteiger partial charge in [-0.1, -0.05) is 36.4 Å². The largest absolute Gasteiger partial charge is 0.326 e. The molecular formula is C22H20N2O2S. The van der Waals surface area contributed by atoms with Crippen molar-refractivity contribution < 1.29 is 9.59 Å². The molecule has 0 unspecified atom stereocenters. The smallest absolute Gasteiger partial charge is 0.248 e. The molecule has 0 radical (unpaired) electrons. The molecule has 0 aliphatic heterocycles. The van der Waals surface area contributed by atoms with Crippen molar-refractivity contribution in [2.24, 2.45) is 0 Å². The number of thiophene rings is 1. The Bertz CT molecular complexity index is 991. The summed E-state index contributed by atoms with van der Waals surface area (Å²) < 4.78 is 0. The second-order valence-corrected chi connectivity index (χ2v) is 7.17. The highest BCUT2D eigenvalue weighted by Crippen LogP contribution is 2.28. The van der Waals surface area contributed by atoms with Gasteiger partial charge in [0.1, 0.15) is 0 Å². The molecule has 136 valence electrons. The van der Waals surface area contributed by atoms with E-state index >= 15 is 0 Å². The molecule has 0 aliphatic carbocycles. The third-order valence-electron chi connectivity index (χ3n) is 3.99. The van der Waals surface area contributed by atoms with Crippen LogP contribution in [0.25, 0.3) is 16.5 Å². The van der Waals surface area contributed by atoms with E-state index in [1.54, 1.807) is 29.5 Å². The molecule has 0 saturated heterocycles. The monoisotopic (exact) mass is 376 g/mol. The van der Waals surface area contributed by atoms with Crippen LogP contribution in [0.15, 0.2) is 66.7 Å². The van der Waals surface area contributed by atoms with Gasteiger partial charge in [-0.05, 0) is 48.4 Å². The van der Waals surface area contributed by atoms with E-state index in [0.29, 0.717) is 11.4 Å². The Labute approximate surface area is 162 Å². The Morgan fingerprint density at radius 3 is 2.30 bits per heavy atom. The van der Waals surface area contributed by atoms with Crippen LogP contribution in [0, 0.1) is 6.92 Å². The molecule has 0 saturated carbocycles. The molecule has 27 heavy (non-hydrogen) atoms. The van der Waals surface area contributed by atoms with Gasteiger partial charge in [0.15, 0.2) is 0 Å². The highest BCUT2D eigenvalue weighted by molar-refractivity contribution is 7.16. The highest BCUT2D eigenvalue weighted by atomic mass is 32.1. The lowest BCUT2D eigenvalue weighted by Gasteiger charge is -2.11. The number of carbonyl (C=O) groups excluding carboxylic acids is 2. The summed E-state index contributed by atoms with van der Waals surface area (Å²) in [6, 6.07) is 19.6. The van der Waals surface area contributed by atoms with E-state index < -0.39 is 0 Å². The molecule has 2 amide bonds. The van der Waals surface area contributed by atoms with Crippen molar-refractivity contribution in [1.29, 1.82) is 0 Å². The molecule has 0 aliphatic rings. The molecule has 2 N–H and O–H groups in total. The van der Waals surface area contributed by atoms with Crippen molar-refractivity contribution in [2.75, 3.05) is 10.6 Å². The molecule has 1 heterocycles. The predicted molar refractivity (Wildman–Crippen MR) is 113 cm³/mol. The highest BCUT2D eigenvalue weighted by Gasteiger charge is 2.07. The first-order chi connectivity index (χ1) is 13.0. The number of carbonyl (C=O) groups is 2. The minimum absolute atomic E-state index is 0.145. The molecule has 1 aromatic heterocycles. The van der Waals surface area contributed by atoms with E-state index in [9.17, 15) is 9.59 Å². The van der Waals surface area contributed by atoms with Gasteiger partial charge in [-0.25, -0.2) is 0 Å². The molecule has 3 aromatic rings. The second-order valence-electron chi connectivity index (χ2n) is 6.05. The van der Waals surface area contributed by atoms with Gasteiger partial charge in [-0.15, -0.1) is 11.3 Å². The van der Waals surface area contributed by atoms with Gasteiger partial charge in [0.2, 0.25) is 11.8 Å². The molecule has 4 nitrogen and oxygen atoms in total. The molecule has 0 fully saturated rings. The number of rotatable bonds is 5. The topological polar surface area (TPSA) is 58.2 Å². The number of amides is 2. The minimum atomic E-state index is -0.215. The number of hydrogen-bond acceptors (Lipinski definition) is 3. The number of anilines is 2. The molecule has 0 spiro atoms. The predicted octanol–water partition coefficient (Wildman–Crippen LogP) is 5.33. The Balaban J connectivity index is 1.68. The molecule has 0 atom stereocenters. The van der Waals surface area contributed by atoms with E-state index in [1.807, 2.05) is 37.3 Å². The zero-order valence-corrected chi connectivity index (χ0v) is 16.0. The fourth-order valence-electron chi connectivity index (χ4n) is 2.63. The third kappa shape index (κ3) is 4.92. The zero-order valence-electron chi connectivity index (χ0n) is 15.2. The van der Waals surface area contributed by atoms with Crippen LogP contribution < -0.4 is 10.6 Å². The first kappa shape index (κ1) is 18.6. The van der Waals surface area contributed by atoms with Gasteiger partial charge in [-0.3, -0.25) is 9.59 Å². The summed E-state index contributed by atoms with van der Waals surface area (Å²) in [5, 5.41) is 5.62. The number of benzene rings is 2. The van der Waals surface area contributed by atoms with Crippen LogP contribution in [0.2, 0.25) is 0 Å². The van der Waals surface area contributed by atoms with Crippen LogP contribution in [0.3, 0.4) is 0 Å². The van der Waals surface area contributed by atoms with Crippen LogP contribution in [0.1, 0.15) is 17.4 Å². The summed E-state index contributed by atoms with van der Waals surface area (Å²) in [6.45, 7) is 3.31. The van der Waals surface area contributed by atoms with Gasteiger partial charge >= 0.3 is 0 Å². The molecule has 5 heteroatoms. The van der Waals surface area contributed by atoms with Crippen molar-refractivity contribution in [3.63, 3.8) is 0 Å². The summed E-state index contributed by atoms with van der Waals surface area (Å²) >= 11 is 1.63. The van der Waals surface area contributed by atoms with E-state index in [2.05, 4.69) is 28.8 Å². The molecular weight excluding hydrogens is 356 g/mol.